The molecule has 0 unspecified atom stereocenters. The van der Waals surface area contributed by atoms with Gasteiger partial charge in [0.05, 0.1) is 0 Å². The average Bonchev–Trinajstić information content (AvgIpc) is 2.95. The van der Waals surface area contributed by atoms with Crippen molar-refractivity contribution in [2.24, 2.45) is 0 Å². The lowest BCUT2D eigenvalue weighted by atomic mass is 9.83. The van der Waals surface area contributed by atoms with Crippen LogP contribution in [0.5, 0.6) is 17.2 Å². The van der Waals surface area contributed by atoms with E-state index >= 15 is 0 Å². The van der Waals surface area contributed by atoms with Crippen LogP contribution in [0.4, 0.5) is 0 Å². The molecule has 3 nitrogen and oxygen atoms in total. The molecule has 0 spiro atoms. The summed E-state index contributed by atoms with van der Waals surface area (Å²) in [4.78, 5) is 0. The Morgan fingerprint density at radius 1 is 0.404 bits per heavy atom. The molecular formula is C43H53O3P. The second kappa shape index (κ2) is 12.5. The van der Waals surface area contributed by atoms with E-state index < -0.39 is 8.60 Å². The van der Waals surface area contributed by atoms with Gasteiger partial charge >= 0.3 is 8.60 Å². The van der Waals surface area contributed by atoms with Crippen molar-refractivity contribution in [3.8, 4) is 17.2 Å². The summed E-state index contributed by atoms with van der Waals surface area (Å²) in [5, 5.41) is 4.67. The van der Waals surface area contributed by atoms with E-state index in [-0.39, 0.29) is 21.7 Å². The standard InChI is InChI=1S/C43H53O3P/c1-28-16-14-15-17-37(28)44-47(45-38-26-29-18-20-33(40(2,3)4)22-31(29)24-35(38)42(8,9)10)46-39-27-30-19-21-34(41(5,6)7)23-32(30)25-36(39)43(11,12)13/h14-27H,1-13H3. The number of fused-ring (bicyclic) bond motifs is 2. The Balaban J connectivity index is 1.64. The molecule has 0 heterocycles. The molecule has 0 bridgehead atoms. The van der Waals surface area contributed by atoms with E-state index in [1.165, 1.54) is 21.9 Å². The van der Waals surface area contributed by atoms with Crippen LogP contribution in [0, 0.1) is 6.92 Å². The largest absolute Gasteiger partial charge is 0.530 e. The average molecular weight is 649 g/mol. The van der Waals surface area contributed by atoms with Crippen LogP contribution in [0.3, 0.4) is 0 Å². The van der Waals surface area contributed by atoms with Gasteiger partial charge in [-0.05, 0) is 97.2 Å². The fraction of sp³-hybridized carbons (Fsp3) is 0.395. The SMILES string of the molecule is Cc1ccccc1OP(Oc1cc2ccc(C(C)(C)C)cc2cc1C(C)(C)C)Oc1cc2ccc(C(C)(C)C)cc2cc1C(C)(C)C. The Kier molecular flexibility index (Phi) is 9.23. The first-order valence-electron chi connectivity index (χ1n) is 16.8. The van der Waals surface area contributed by atoms with Gasteiger partial charge < -0.3 is 13.6 Å². The Morgan fingerprint density at radius 3 is 1.19 bits per heavy atom. The number of rotatable bonds is 6. The van der Waals surface area contributed by atoms with Crippen LogP contribution >= 0.6 is 8.60 Å². The predicted octanol–water partition coefficient (Wildman–Crippen LogP) is 13.3. The molecule has 0 amide bonds. The minimum absolute atomic E-state index is 0.0632. The molecule has 0 aliphatic carbocycles. The lowest BCUT2D eigenvalue weighted by molar-refractivity contribution is 0.377. The molecular weight excluding hydrogens is 595 g/mol. The van der Waals surface area contributed by atoms with Crippen molar-refractivity contribution in [2.75, 3.05) is 0 Å². The van der Waals surface area contributed by atoms with E-state index in [4.69, 9.17) is 13.6 Å². The zero-order chi connectivity index (χ0) is 34.5. The van der Waals surface area contributed by atoms with E-state index in [1.807, 2.05) is 18.2 Å². The molecule has 5 aromatic rings. The smallest absolute Gasteiger partial charge is 0.408 e. The summed E-state index contributed by atoms with van der Waals surface area (Å²) in [6.45, 7) is 29.0. The number of aryl methyl sites for hydroxylation is 1. The Bertz CT molecular complexity index is 1790. The van der Waals surface area contributed by atoms with Gasteiger partial charge in [-0.1, -0.05) is 138 Å². The van der Waals surface area contributed by atoms with Gasteiger partial charge in [-0.25, -0.2) is 0 Å². The second-order valence-corrected chi connectivity index (χ2v) is 18.1. The van der Waals surface area contributed by atoms with Crippen LogP contribution in [0.15, 0.2) is 84.9 Å². The van der Waals surface area contributed by atoms with Crippen molar-refractivity contribution in [1.29, 1.82) is 0 Å². The zero-order valence-electron chi connectivity index (χ0n) is 30.8. The summed E-state index contributed by atoms with van der Waals surface area (Å²) in [6, 6.07) is 30.4. The summed E-state index contributed by atoms with van der Waals surface area (Å²) in [5.41, 5.74) is 5.67. The van der Waals surface area contributed by atoms with Crippen molar-refractivity contribution in [3.63, 3.8) is 0 Å². The van der Waals surface area contributed by atoms with E-state index in [0.29, 0.717) is 0 Å². The van der Waals surface area contributed by atoms with Crippen LogP contribution < -0.4 is 13.6 Å². The van der Waals surface area contributed by atoms with Crippen LogP contribution in [0.1, 0.15) is 111 Å². The van der Waals surface area contributed by atoms with Gasteiger partial charge in [0, 0.05) is 11.1 Å². The van der Waals surface area contributed by atoms with E-state index in [1.54, 1.807) is 0 Å². The summed E-state index contributed by atoms with van der Waals surface area (Å²) in [7, 11) is -1.89. The number of benzene rings is 5. The number of hydrogen-bond acceptors (Lipinski definition) is 3. The number of para-hydroxylation sites is 1. The normalized spacial score (nSPS) is 13.0. The summed E-state index contributed by atoms with van der Waals surface area (Å²) in [6.07, 6.45) is 0. The molecule has 0 radical (unpaired) electrons. The van der Waals surface area contributed by atoms with Gasteiger partial charge in [-0.15, -0.1) is 0 Å². The molecule has 0 fully saturated rings. The first-order chi connectivity index (χ1) is 21.7. The third-order valence-electron chi connectivity index (χ3n) is 8.84. The highest BCUT2D eigenvalue weighted by atomic mass is 31.2. The topological polar surface area (TPSA) is 27.7 Å². The highest BCUT2D eigenvalue weighted by Crippen LogP contribution is 2.49. The van der Waals surface area contributed by atoms with Gasteiger partial charge in [0.25, 0.3) is 0 Å². The van der Waals surface area contributed by atoms with E-state index in [2.05, 4.69) is 157 Å². The summed E-state index contributed by atoms with van der Waals surface area (Å²) in [5.74, 6) is 2.31. The molecule has 0 N–H and O–H groups in total. The Labute approximate surface area is 284 Å². The molecule has 5 aromatic carbocycles. The molecule has 5 rings (SSSR count). The Morgan fingerprint density at radius 2 is 0.809 bits per heavy atom. The quantitative estimate of drug-likeness (QED) is 0.172. The number of hydrogen-bond donors (Lipinski definition) is 0. The first-order valence-corrected chi connectivity index (χ1v) is 17.9. The predicted molar refractivity (Wildman–Crippen MR) is 203 cm³/mol. The maximum absolute atomic E-state index is 6.90. The summed E-state index contributed by atoms with van der Waals surface area (Å²) < 4.78 is 20.5. The molecule has 0 atom stereocenters. The van der Waals surface area contributed by atoms with Crippen LogP contribution in [0.25, 0.3) is 21.5 Å². The molecule has 0 saturated carbocycles. The molecule has 0 saturated heterocycles. The third-order valence-corrected chi connectivity index (χ3v) is 9.87. The molecule has 0 aromatic heterocycles. The van der Waals surface area contributed by atoms with Crippen LogP contribution in [-0.4, -0.2) is 0 Å². The molecule has 47 heavy (non-hydrogen) atoms. The highest BCUT2D eigenvalue weighted by Gasteiger charge is 2.30. The second-order valence-electron chi connectivity index (χ2n) is 17.1. The molecule has 0 aliphatic rings. The molecule has 0 aliphatic heterocycles. The van der Waals surface area contributed by atoms with Gasteiger partial charge in [-0.3, -0.25) is 0 Å². The fourth-order valence-electron chi connectivity index (χ4n) is 5.77. The summed E-state index contributed by atoms with van der Waals surface area (Å²) >= 11 is 0. The monoisotopic (exact) mass is 648 g/mol. The highest BCUT2D eigenvalue weighted by molar-refractivity contribution is 7.43. The van der Waals surface area contributed by atoms with Gasteiger partial charge in [0.15, 0.2) is 0 Å². The molecule has 248 valence electrons. The van der Waals surface area contributed by atoms with Gasteiger partial charge in [0.1, 0.15) is 17.2 Å². The lowest BCUT2D eigenvalue weighted by Gasteiger charge is -2.28. The van der Waals surface area contributed by atoms with Crippen LogP contribution in [-0.2, 0) is 21.7 Å². The van der Waals surface area contributed by atoms with Crippen molar-refractivity contribution in [3.05, 3.63) is 113 Å². The fourth-order valence-corrected chi connectivity index (χ4v) is 6.87. The minimum Gasteiger partial charge on any atom is -0.408 e. The van der Waals surface area contributed by atoms with Crippen molar-refractivity contribution in [1.82, 2.24) is 0 Å². The van der Waals surface area contributed by atoms with E-state index in [0.717, 1.165) is 44.7 Å². The van der Waals surface area contributed by atoms with Gasteiger partial charge in [-0.2, -0.15) is 0 Å². The lowest BCUT2D eigenvalue weighted by Crippen LogP contribution is -2.16. The Hall–Kier alpha value is -3.55. The van der Waals surface area contributed by atoms with E-state index in [9.17, 15) is 0 Å². The zero-order valence-corrected chi connectivity index (χ0v) is 31.6. The maximum Gasteiger partial charge on any atom is 0.530 e. The van der Waals surface area contributed by atoms with Crippen molar-refractivity contribution in [2.45, 2.75) is 112 Å². The molecule has 4 heteroatoms. The van der Waals surface area contributed by atoms with Crippen molar-refractivity contribution < 1.29 is 13.6 Å². The first kappa shape index (κ1) is 34.8. The van der Waals surface area contributed by atoms with Gasteiger partial charge in [0.2, 0.25) is 0 Å². The maximum atomic E-state index is 6.90. The third kappa shape index (κ3) is 7.95. The van der Waals surface area contributed by atoms with Crippen molar-refractivity contribution >= 4 is 30.1 Å². The van der Waals surface area contributed by atoms with Crippen LogP contribution in [0.2, 0.25) is 0 Å². The minimum atomic E-state index is -1.89.